The molecule has 0 aromatic carbocycles. The summed E-state index contributed by atoms with van der Waals surface area (Å²) in [6.45, 7) is 7.02. The zero-order valence-electron chi connectivity index (χ0n) is 12.1. The Bertz CT molecular complexity index is 572. The molecule has 2 aromatic rings. The van der Waals surface area contributed by atoms with Crippen LogP contribution in [0.15, 0.2) is 18.5 Å². The molecule has 0 spiro atoms. The van der Waals surface area contributed by atoms with Crippen LogP contribution in [-0.2, 0) is 7.05 Å². The van der Waals surface area contributed by atoms with Crippen LogP contribution in [0, 0.1) is 13.8 Å². The van der Waals surface area contributed by atoms with Gasteiger partial charge in [0.1, 0.15) is 0 Å². The van der Waals surface area contributed by atoms with E-state index in [0.717, 1.165) is 17.7 Å². The van der Waals surface area contributed by atoms with Gasteiger partial charge in [-0.2, -0.15) is 5.10 Å². The summed E-state index contributed by atoms with van der Waals surface area (Å²) in [5.41, 5.74) is 11.4. The molecule has 2 aromatic heterocycles. The number of nitrogens with zero attached hydrogens (tertiary/aromatic N) is 3. The van der Waals surface area contributed by atoms with Gasteiger partial charge in [-0.1, -0.05) is 6.92 Å². The Balaban J connectivity index is 2.43. The summed E-state index contributed by atoms with van der Waals surface area (Å²) in [6, 6.07) is 2.21. The van der Waals surface area contributed by atoms with E-state index in [1.165, 1.54) is 16.8 Å². The maximum Gasteiger partial charge on any atom is 0.0675 e. The number of hydrogen-bond acceptors (Lipinski definition) is 3. The molecule has 0 saturated carbocycles. The van der Waals surface area contributed by atoms with Crippen LogP contribution in [0.3, 0.4) is 0 Å². The van der Waals surface area contributed by atoms with E-state index in [1.807, 2.05) is 31.0 Å². The fourth-order valence-electron chi connectivity index (χ4n) is 2.47. The van der Waals surface area contributed by atoms with Crippen molar-refractivity contribution in [3.05, 3.63) is 35.4 Å². The summed E-state index contributed by atoms with van der Waals surface area (Å²) in [6.07, 6.45) is 4.83. The second-order valence-electron chi connectivity index (χ2n) is 5.15. The van der Waals surface area contributed by atoms with Gasteiger partial charge in [0.25, 0.3) is 0 Å². The van der Waals surface area contributed by atoms with Crippen LogP contribution in [0.1, 0.15) is 36.2 Å². The highest BCUT2D eigenvalue weighted by Crippen LogP contribution is 2.28. The first kappa shape index (κ1) is 13.7. The van der Waals surface area contributed by atoms with Crippen molar-refractivity contribution < 1.29 is 0 Å². The molecule has 0 radical (unpaired) electrons. The minimum atomic E-state index is 0.440. The van der Waals surface area contributed by atoms with Crippen LogP contribution in [0.5, 0.6) is 0 Å². The van der Waals surface area contributed by atoms with E-state index < -0.39 is 0 Å². The van der Waals surface area contributed by atoms with Crippen molar-refractivity contribution in [2.75, 3.05) is 6.54 Å². The fraction of sp³-hybridized carbons (Fsp3) is 0.467. The summed E-state index contributed by atoms with van der Waals surface area (Å²) in [7, 11) is 1.97. The second kappa shape index (κ2) is 5.53. The molecule has 102 valence electrons. The van der Waals surface area contributed by atoms with E-state index in [-0.39, 0.29) is 0 Å². The summed E-state index contributed by atoms with van der Waals surface area (Å²) in [4.78, 5) is 4.38. The maximum absolute atomic E-state index is 5.63. The van der Waals surface area contributed by atoms with Gasteiger partial charge in [0.05, 0.1) is 5.69 Å². The lowest BCUT2D eigenvalue weighted by Gasteiger charge is -2.11. The van der Waals surface area contributed by atoms with E-state index in [0.29, 0.717) is 12.5 Å². The predicted octanol–water partition coefficient (Wildman–Crippen LogP) is 2.55. The Morgan fingerprint density at radius 3 is 2.63 bits per heavy atom. The molecule has 0 aliphatic carbocycles. The number of pyridine rings is 1. The smallest absolute Gasteiger partial charge is 0.0675 e. The molecule has 0 fully saturated rings. The van der Waals surface area contributed by atoms with Gasteiger partial charge in [-0.05, 0) is 44.4 Å². The molecule has 2 rings (SSSR count). The van der Waals surface area contributed by atoms with Crippen molar-refractivity contribution in [2.24, 2.45) is 12.8 Å². The van der Waals surface area contributed by atoms with Gasteiger partial charge in [-0.25, -0.2) is 0 Å². The highest BCUT2D eigenvalue weighted by Gasteiger charge is 2.13. The molecule has 0 aliphatic heterocycles. The second-order valence-corrected chi connectivity index (χ2v) is 5.15. The molecule has 0 amide bonds. The van der Waals surface area contributed by atoms with E-state index >= 15 is 0 Å². The lowest BCUT2D eigenvalue weighted by Crippen LogP contribution is -2.05. The van der Waals surface area contributed by atoms with Crippen LogP contribution in [0.25, 0.3) is 11.1 Å². The minimum absolute atomic E-state index is 0.440. The molecular weight excluding hydrogens is 236 g/mol. The number of aryl methyl sites for hydroxylation is 2. The molecule has 0 bridgehead atoms. The van der Waals surface area contributed by atoms with E-state index in [9.17, 15) is 0 Å². The predicted molar refractivity (Wildman–Crippen MR) is 78.0 cm³/mol. The van der Waals surface area contributed by atoms with Gasteiger partial charge in [-0.3, -0.25) is 9.67 Å². The van der Waals surface area contributed by atoms with Crippen LogP contribution in [0.2, 0.25) is 0 Å². The van der Waals surface area contributed by atoms with E-state index in [4.69, 9.17) is 5.73 Å². The molecule has 19 heavy (non-hydrogen) atoms. The number of nitrogens with two attached hydrogens (primary N) is 1. The van der Waals surface area contributed by atoms with E-state index in [2.05, 4.69) is 30.0 Å². The first-order chi connectivity index (χ1) is 9.04. The zero-order valence-corrected chi connectivity index (χ0v) is 12.1. The van der Waals surface area contributed by atoms with Gasteiger partial charge >= 0.3 is 0 Å². The normalized spacial score (nSPS) is 12.7. The Kier molecular flexibility index (Phi) is 4.00. The Morgan fingerprint density at radius 1 is 1.32 bits per heavy atom. The average Bonchev–Trinajstić information content (AvgIpc) is 2.64. The highest BCUT2D eigenvalue weighted by molar-refractivity contribution is 5.68. The van der Waals surface area contributed by atoms with Crippen molar-refractivity contribution in [3.8, 4) is 11.1 Å². The summed E-state index contributed by atoms with van der Waals surface area (Å²) in [5.74, 6) is 0.440. The zero-order chi connectivity index (χ0) is 14.0. The average molecular weight is 258 g/mol. The summed E-state index contributed by atoms with van der Waals surface area (Å²) >= 11 is 0. The molecule has 2 N–H and O–H groups in total. The SMILES string of the molecule is Cc1nn(C)c(C)c1-c1cncc(C(C)CCN)c1. The lowest BCUT2D eigenvalue weighted by molar-refractivity contribution is 0.687. The lowest BCUT2D eigenvalue weighted by atomic mass is 9.96. The molecule has 0 aliphatic rings. The largest absolute Gasteiger partial charge is 0.330 e. The van der Waals surface area contributed by atoms with Crippen LogP contribution in [-0.4, -0.2) is 21.3 Å². The number of aromatic nitrogens is 3. The van der Waals surface area contributed by atoms with Crippen molar-refractivity contribution in [1.82, 2.24) is 14.8 Å². The summed E-state index contributed by atoms with van der Waals surface area (Å²) in [5, 5.41) is 4.47. The van der Waals surface area contributed by atoms with Crippen LogP contribution < -0.4 is 5.73 Å². The summed E-state index contributed by atoms with van der Waals surface area (Å²) < 4.78 is 1.92. The minimum Gasteiger partial charge on any atom is -0.330 e. The third-order valence-corrected chi connectivity index (χ3v) is 3.73. The molecule has 1 atom stereocenters. The first-order valence-electron chi connectivity index (χ1n) is 6.70. The van der Waals surface area contributed by atoms with Crippen molar-refractivity contribution in [3.63, 3.8) is 0 Å². The maximum atomic E-state index is 5.63. The Hall–Kier alpha value is -1.68. The topological polar surface area (TPSA) is 56.7 Å². The number of rotatable bonds is 4. The van der Waals surface area contributed by atoms with Gasteiger partial charge in [0, 0.05) is 36.3 Å². The van der Waals surface area contributed by atoms with E-state index in [1.54, 1.807) is 0 Å². The van der Waals surface area contributed by atoms with Crippen molar-refractivity contribution in [1.29, 1.82) is 0 Å². The monoisotopic (exact) mass is 258 g/mol. The third-order valence-electron chi connectivity index (χ3n) is 3.73. The molecular formula is C15H22N4. The van der Waals surface area contributed by atoms with Gasteiger partial charge in [-0.15, -0.1) is 0 Å². The molecule has 0 saturated heterocycles. The van der Waals surface area contributed by atoms with Gasteiger partial charge < -0.3 is 5.73 Å². The standard InChI is InChI=1S/C15H22N4/c1-10(5-6-16)13-7-14(9-17-8-13)15-11(2)18-19(4)12(15)3/h7-10H,5-6,16H2,1-4H3. The van der Waals surface area contributed by atoms with Crippen LogP contribution in [0.4, 0.5) is 0 Å². The number of hydrogen-bond donors (Lipinski definition) is 1. The fourth-order valence-corrected chi connectivity index (χ4v) is 2.47. The quantitative estimate of drug-likeness (QED) is 0.917. The van der Waals surface area contributed by atoms with Gasteiger partial charge in [0.15, 0.2) is 0 Å². The van der Waals surface area contributed by atoms with Crippen LogP contribution >= 0.6 is 0 Å². The van der Waals surface area contributed by atoms with Crippen molar-refractivity contribution in [2.45, 2.75) is 33.1 Å². The first-order valence-corrected chi connectivity index (χ1v) is 6.70. The highest BCUT2D eigenvalue weighted by atomic mass is 15.3. The molecule has 2 heterocycles. The molecule has 1 unspecified atom stereocenters. The molecule has 4 heteroatoms. The van der Waals surface area contributed by atoms with Crippen molar-refractivity contribution >= 4 is 0 Å². The molecule has 4 nitrogen and oxygen atoms in total. The van der Waals surface area contributed by atoms with Gasteiger partial charge in [0.2, 0.25) is 0 Å². The Labute approximate surface area is 114 Å². The Morgan fingerprint density at radius 2 is 2.05 bits per heavy atom. The third kappa shape index (κ3) is 2.68.